The van der Waals surface area contributed by atoms with Gasteiger partial charge in [-0.25, -0.2) is 0 Å². The Morgan fingerprint density at radius 1 is 1.14 bits per heavy atom. The molecular formula is C12H19NO. The van der Waals surface area contributed by atoms with Crippen LogP contribution in [0.25, 0.3) is 0 Å². The van der Waals surface area contributed by atoms with E-state index < -0.39 is 5.72 Å². The zero-order chi connectivity index (χ0) is 10.6. The molecule has 0 radical (unpaired) electrons. The molecule has 0 spiro atoms. The molecule has 0 aliphatic carbocycles. The topological polar surface area (TPSA) is 23.5 Å². The highest BCUT2D eigenvalue weighted by Crippen LogP contribution is 2.24. The third-order valence-corrected chi connectivity index (χ3v) is 2.70. The highest BCUT2D eigenvalue weighted by Gasteiger charge is 2.28. The van der Waals surface area contributed by atoms with E-state index in [0.717, 1.165) is 18.7 Å². The summed E-state index contributed by atoms with van der Waals surface area (Å²) >= 11 is 0. The van der Waals surface area contributed by atoms with Crippen molar-refractivity contribution in [3.63, 3.8) is 0 Å². The Hall–Kier alpha value is -0.860. The summed E-state index contributed by atoms with van der Waals surface area (Å²) in [5, 5.41) is 10.4. The predicted octanol–water partition coefficient (Wildman–Crippen LogP) is 2.19. The predicted molar refractivity (Wildman–Crippen MR) is 58.9 cm³/mol. The van der Waals surface area contributed by atoms with Gasteiger partial charge >= 0.3 is 0 Å². The summed E-state index contributed by atoms with van der Waals surface area (Å²) in [4.78, 5) is 2.03. The van der Waals surface area contributed by atoms with E-state index in [1.54, 1.807) is 0 Å². The minimum atomic E-state index is -0.856. The normalized spacial score (nSPS) is 15.5. The van der Waals surface area contributed by atoms with Gasteiger partial charge in [-0.2, -0.15) is 0 Å². The first-order chi connectivity index (χ1) is 6.62. The molecule has 0 aliphatic heterocycles. The van der Waals surface area contributed by atoms with Crippen molar-refractivity contribution in [2.24, 2.45) is 0 Å². The fourth-order valence-electron chi connectivity index (χ4n) is 1.78. The zero-order valence-electron chi connectivity index (χ0n) is 9.20. The Morgan fingerprint density at radius 2 is 1.64 bits per heavy atom. The Bertz CT molecular complexity index is 265. The molecule has 2 heteroatoms. The van der Waals surface area contributed by atoms with E-state index >= 15 is 0 Å². The molecule has 0 fully saturated rings. The molecule has 0 bridgehead atoms. The monoisotopic (exact) mass is 193 g/mol. The maximum Gasteiger partial charge on any atom is 0.141 e. The van der Waals surface area contributed by atoms with Gasteiger partial charge in [0.15, 0.2) is 0 Å². The van der Waals surface area contributed by atoms with Crippen LogP contribution in [0, 0.1) is 0 Å². The van der Waals surface area contributed by atoms with E-state index in [9.17, 15) is 5.11 Å². The number of hydrogen-bond donors (Lipinski definition) is 1. The maximum atomic E-state index is 10.4. The standard InChI is InChI=1S/C12H19NO/c1-4-13(5-2)12(3,14)11-9-7-6-8-10-11/h6-10,14H,4-5H2,1-3H3. The second-order valence-electron chi connectivity index (χ2n) is 3.56. The second-order valence-corrected chi connectivity index (χ2v) is 3.56. The third-order valence-electron chi connectivity index (χ3n) is 2.70. The van der Waals surface area contributed by atoms with Crippen molar-refractivity contribution < 1.29 is 5.11 Å². The Labute approximate surface area is 86.2 Å². The average Bonchev–Trinajstić information content (AvgIpc) is 2.20. The van der Waals surface area contributed by atoms with Crippen LogP contribution in [0.5, 0.6) is 0 Å². The van der Waals surface area contributed by atoms with Crippen LogP contribution in [0.2, 0.25) is 0 Å². The van der Waals surface area contributed by atoms with Crippen LogP contribution in [-0.2, 0) is 5.72 Å². The summed E-state index contributed by atoms with van der Waals surface area (Å²) in [5.74, 6) is 0. The summed E-state index contributed by atoms with van der Waals surface area (Å²) in [6.07, 6.45) is 0. The first kappa shape index (κ1) is 11.2. The number of rotatable bonds is 4. The largest absolute Gasteiger partial charge is 0.372 e. The van der Waals surface area contributed by atoms with Gasteiger partial charge in [0.2, 0.25) is 0 Å². The lowest BCUT2D eigenvalue weighted by Crippen LogP contribution is -2.43. The molecule has 0 saturated heterocycles. The molecule has 0 saturated carbocycles. The van der Waals surface area contributed by atoms with Crippen molar-refractivity contribution in [3.05, 3.63) is 35.9 Å². The number of aliphatic hydroxyl groups is 1. The van der Waals surface area contributed by atoms with Crippen molar-refractivity contribution in [2.75, 3.05) is 13.1 Å². The fourth-order valence-corrected chi connectivity index (χ4v) is 1.78. The van der Waals surface area contributed by atoms with Gasteiger partial charge in [-0.15, -0.1) is 0 Å². The van der Waals surface area contributed by atoms with Crippen LogP contribution in [0.1, 0.15) is 26.3 Å². The van der Waals surface area contributed by atoms with E-state index in [0.29, 0.717) is 0 Å². The molecule has 1 N–H and O–H groups in total. The van der Waals surface area contributed by atoms with Gasteiger partial charge in [-0.1, -0.05) is 44.2 Å². The van der Waals surface area contributed by atoms with Crippen LogP contribution < -0.4 is 0 Å². The molecule has 2 nitrogen and oxygen atoms in total. The summed E-state index contributed by atoms with van der Waals surface area (Å²) < 4.78 is 0. The fraction of sp³-hybridized carbons (Fsp3) is 0.500. The van der Waals surface area contributed by atoms with Gasteiger partial charge in [0.05, 0.1) is 0 Å². The quantitative estimate of drug-likeness (QED) is 0.741. The van der Waals surface area contributed by atoms with Crippen LogP contribution in [0.15, 0.2) is 30.3 Å². The number of nitrogens with zero attached hydrogens (tertiary/aromatic N) is 1. The lowest BCUT2D eigenvalue weighted by atomic mass is 10.0. The van der Waals surface area contributed by atoms with Crippen molar-refractivity contribution in [1.82, 2.24) is 4.90 Å². The molecule has 0 aliphatic rings. The maximum absolute atomic E-state index is 10.4. The van der Waals surface area contributed by atoms with Crippen LogP contribution in [0.4, 0.5) is 0 Å². The molecular weight excluding hydrogens is 174 g/mol. The van der Waals surface area contributed by atoms with Gasteiger partial charge in [-0.3, -0.25) is 4.90 Å². The SMILES string of the molecule is CCN(CC)C(C)(O)c1ccccc1. The average molecular weight is 193 g/mol. The smallest absolute Gasteiger partial charge is 0.141 e. The zero-order valence-corrected chi connectivity index (χ0v) is 9.20. The minimum absolute atomic E-state index is 0.846. The summed E-state index contributed by atoms with van der Waals surface area (Å²) in [6.45, 7) is 7.65. The number of hydrogen-bond acceptors (Lipinski definition) is 2. The van der Waals surface area contributed by atoms with Gasteiger partial charge in [0, 0.05) is 0 Å². The molecule has 0 amide bonds. The van der Waals surface area contributed by atoms with Gasteiger partial charge in [0.1, 0.15) is 5.72 Å². The highest BCUT2D eigenvalue weighted by molar-refractivity contribution is 5.20. The van der Waals surface area contributed by atoms with E-state index in [-0.39, 0.29) is 0 Å². The van der Waals surface area contributed by atoms with E-state index in [1.165, 1.54) is 0 Å². The van der Waals surface area contributed by atoms with Crippen molar-refractivity contribution in [1.29, 1.82) is 0 Å². The van der Waals surface area contributed by atoms with Gasteiger partial charge in [-0.05, 0) is 25.6 Å². The van der Waals surface area contributed by atoms with Crippen LogP contribution >= 0.6 is 0 Å². The lowest BCUT2D eigenvalue weighted by molar-refractivity contribution is -0.0957. The molecule has 0 aromatic heterocycles. The Kier molecular flexibility index (Phi) is 3.67. The highest BCUT2D eigenvalue weighted by atomic mass is 16.3. The summed E-state index contributed by atoms with van der Waals surface area (Å²) in [6, 6.07) is 9.78. The van der Waals surface area contributed by atoms with Crippen LogP contribution in [0.3, 0.4) is 0 Å². The van der Waals surface area contributed by atoms with Crippen LogP contribution in [-0.4, -0.2) is 23.1 Å². The molecule has 1 atom stereocenters. The van der Waals surface area contributed by atoms with E-state index in [1.807, 2.05) is 42.2 Å². The molecule has 14 heavy (non-hydrogen) atoms. The summed E-state index contributed by atoms with van der Waals surface area (Å²) in [5.41, 5.74) is 0.0915. The Balaban J connectivity index is 2.94. The first-order valence-corrected chi connectivity index (χ1v) is 5.15. The third kappa shape index (κ3) is 2.14. The van der Waals surface area contributed by atoms with Gasteiger partial charge < -0.3 is 5.11 Å². The van der Waals surface area contributed by atoms with Crippen molar-refractivity contribution >= 4 is 0 Å². The summed E-state index contributed by atoms with van der Waals surface area (Å²) in [7, 11) is 0. The molecule has 78 valence electrons. The van der Waals surface area contributed by atoms with E-state index in [4.69, 9.17) is 0 Å². The van der Waals surface area contributed by atoms with Crippen molar-refractivity contribution in [2.45, 2.75) is 26.5 Å². The molecule has 0 heterocycles. The molecule has 1 unspecified atom stereocenters. The minimum Gasteiger partial charge on any atom is -0.372 e. The lowest BCUT2D eigenvalue weighted by Gasteiger charge is -2.35. The number of benzene rings is 1. The Morgan fingerprint density at radius 3 is 2.07 bits per heavy atom. The van der Waals surface area contributed by atoms with Crippen molar-refractivity contribution in [3.8, 4) is 0 Å². The first-order valence-electron chi connectivity index (χ1n) is 5.15. The van der Waals surface area contributed by atoms with Gasteiger partial charge in [0.25, 0.3) is 0 Å². The second kappa shape index (κ2) is 4.58. The van der Waals surface area contributed by atoms with E-state index in [2.05, 4.69) is 13.8 Å². The molecule has 1 rings (SSSR count). The molecule has 1 aromatic rings. The molecule has 1 aromatic carbocycles.